The number of carboxylic acids is 1. The number of hydrogen-bond acceptors (Lipinski definition) is 6. The van der Waals surface area contributed by atoms with Gasteiger partial charge in [-0.15, -0.1) is 0 Å². The standard InChI is InChI=1S/C32H32N2O7/c1-32(2,3)41-31(38)34-17-19(25-16-20(39-4)13-14-28(25)34)15-27(29(35)36)33-30(37)40-18-26-23-11-7-5-9-21(23)22-10-6-8-12-24(22)26/h5-14,16-17,26-27H,15,18H2,1-4H3,(H,33,37)(H,35,36)/t27-/m0/s1. The third kappa shape index (κ3) is 5.75. The van der Waals surface area contributed by atoms with Crippen molar-refractivity contribution in [3.63, 3.8) is 0 Å². The molecule has 1 atom stereocenters. The number of carbonyl (C=O) groups excluding carboxylic acids is 2. The summed E-state index contributed by atoms with van der Waals surface area (Å²) in [6.45, 7) is 5.35. The first-order valence-electron chi connectivity index (χ1n) is 13.3. The smallest absolute Gasteiger partial charge is 0.419 e. The second-order valence-corrected chi connectivity index (χ2v) is 11.0. The fourth-order valence-electron chi connectivity index (χ4n) is 5.23. The van der Waals surface area contributed by atoms with E-state index in [2.05, 4.69) is 5.32 Å². The van der Waals surface area contributed by atoms with Crippen LogP contribution in [0.1, 0.15) is 43.4 Å². The summed E-state index contributed by atoms with van der Waals surface area (Å²) in [4.78, 5) is 38.0. The van der Waals surface area contributed by atoms with Crippen LogP contribution in [0.25, 0.3) is 22.0 Å². The van der Waals surface area contributed by atoms with E-state index in [1.165, 1.54) is 17.9 Å². The second kappa shape index (κ2) is 11.0. The molecule has 0 fully saturated rings. The number of fused-ring (bicyclic) bond motifs is 4. The van der Waals surface area contributed by atoms with E-state index < -0.39 is 29.8 Å². The average molecular weight is 557 g/mol. The van der Waals surface area contributed by atoms with Crippen LogP contribution in [0.4, 0.5) is 9.59 Å². The highest BCUT2D eigenvalue weighted by atomic mass is 16.6. The zero-order chi connectivity index (χ0) is 29.3. The highest BCUT2D eigenvalue weighted by molar-refractivity contribution is 5.93. The average Bonchev–Trinajstić information content (AvgIpc) is 3.46. The van der Waals surface area contributed by atoms with E-state index in [-0.39, 0.29) is 18.9 Å². The van der Waals surface area contributed by atoms with E-state index in [4.69, 9.17) is 14.2 Å². The molecule has 1 amide bonds. The first-order chi connectivity index (χ1) is 19.6. The maximum atomic E-state index is 12.9. The summed E-state index contributed by atoms with van der Waals surface area (Å²) in [5, 5.41) is 13.1. The lowest BCUT2D eigenvalue weighted by Gasteiger charge is -2.19. The molecule has 212 valence electrons. The third-order valence-corrected chi connectivity index (χ3v) is 7.04. The Bertz CT molecular complexity index is 1590. The Balaban J connectivity index is 1.34. The molecule has 0 bridgehead atoms. The number of carboxylic acid groups (broad SMARTS) is 1. The largest absolute Gasteiger partial charge is 0.497 e. The van der Waals surface area contributed by atoms with Gasteiger partial charge in [0.25, 0.3) is 0 Å². The number of amides is 1. The Morgan fingerprint density at radius 2 is 1.61 bits per heavy atom. The van der Waals surface area contributed by atoms with Crippen molar-refractivity contribution in [1.29, 1.82) is 0 Å². The molecule has 2 N–H and O–H groups in total. The number of nitrogens with one attached hydrogen (secondary N) is 1. The Labute approximate surface area is 237 Å². The monoisotopic (exact) mass is 556 g/mol. The van der Waals surface area contributed by atoms with Gasteiger partial charge in [0.05, 0.1) is 12.6 Å². The molecule has 1 aliphatic rings. The van der Waals surface area contributed by atoms with Gasteiger partial charge in [-0.3, -0.25) is 4.57 Å². The fraction of sp³-hybridized carbons (Fsp3) is 0.281. The van der Waals surface area contributed by atoms with Crippen LogP contribution in [-0.2, 0) is 20.7 Å². The first kappa shape index (κ1) is 27.8. The van der Waals surface area contributed by atoms with Gasteiger partial charge in [0, 0.05) is 23.9 Å². The lowest BCUT2D eigenvalue weighted by Crippen LogP contribution is -2.42. The van der Waals surface area contributed by atoms with E-state index in [1.54, 1.807) is 39.0 Å². The van der Waals surface area contributed by atoms with Gasteiger partial charge in [0.15, 0.2) is 0 Å². The Hall–Kier alpha value is -4.79. The zero-order valence-corrected chi connectivity index (χ0v) is 23.3. The van der Waals surface area contributed by atoms with Gasteiger partial charge in [0.1, 0.15) is 24.0 Å². The molecule has 3 aromatic carbocycles. The quantitative estimate of drug-likeness (QED) is 0.288. The van der Waals surface area contributed by atoms with Gasteiger partial charge in [-0.25, -0.2) is 14.4 Å². The molecule has 5 rings (SSSR count). The molecular formula is C32H32N2O7. The number of nitrogens with zero attached hydrogens (tertiary/aromatic N) is 1. The zero-order valence-electron chi connectivity index (χ0n) is 23.3. The molecule has 0 aliphatic heterocycles. The number of hydrogen-bond donors (Lipinski definition) is 2. The minimum atomic E-state index is -1.31. The predicted octanol–water partition coefficient (Wildman–Crippen LogP) is 5.97. The summed E-state index contributed by atoms with van der Waals surface area (Å²) in [5.74, 6) is -0.854. The van der Waals surface area contributed by atoms with Crippen LogP contribution in [0.3, 0.4) is 0 Å². The van der Waals surface area contributed by atoms with Gasteiger partial charge in [-0.1, -0.05) is 48.5 Å². The molecular weight excluding hydrogens is 524 g/mol. The van der Waals surface area contributed by atoms with E-state index in [1.807, 2.05) is 48.5 Å². The SMILES string of the molecule is COc1ccc2c(c1)c(C[C@H](NC(=O)OCC1c3ccccc3-c3ccccc31)C(=O)O)cn2C(=O)OC(C)(C)C. The molecule has 0 radical (unpaired) electrons. The molecule has 9 heteroatoms. The number of aliphatic carboxylic acids is 1. The van der Waals surface area contributed by atoms with Crippen LogP contribution in [0.2, 0.25) is 0 Å². The summed E-state index contributed by atoms with van der Waals surface area (Å²) in [6, 6.07) is 19.7. The molecule has 0 unspecified atom stereocenters. The lowest BCUT2D eigenvalue weighted by atomic mass is 9.98. The van der Waals surface area contributed by atoms with Crippen molar-refractivity contribution in [2.24, 2.45) is 0 Å². The Kier molecular flexibility index (Phi) is 7.45. The summed E-state index contributed by atoms with van der Waals surface area (Å²) in [6.07, 6.45) is -0.00464. The van der Waals surface area contributed by atoms with Crippen LogP contribution in [0.15, 0.2) is 72.9 Å². The van der Waals surface area contributed by atoms with Crippen molar-refractivity contribution in [1.82, 2.24) is 9.88 Å². The van der Waals surface area contributed by atoms with Crippen molar-refractivity contribution in [3.05, 3.63) is 89.6 Å². The third-order valence-electron chi connectivity index (χ3n) is 7.04. The number of alkyl carbamates (subject to hydrolysis) is 1. The molecule has 0 saturated heterocycles. The van der Waals surface area contributed by atoms with Crippen molar-refractivity contribution >= 4 is 29.1 Å². The Morgan fingerprint density at radius 1 is 0.976 bits per heavy atom. The summed E-state index contributed by atoms with van der Waals surface area (Å²) in [7, 11) is 1.52. The van der Waals surface area contributed by atoms with Gasteiger partial charge < -0.3 is 24.6 Å². The van der Waals surface area contributed by atoms with Crippen molar-refractivity contribution < 1.29 is 33.7 Å². The molecule has 1 aliphatic carbocycles. The van der Waals surface area contributed by atoms with E-state index >= 15 is 0 Å². The van der Waals surface area contributed by atoms with Crippen LogP contribution in [-0.4, -0.2) is 53.2 Å². The van der Waals surface area contributed by atoms with Crippen molar-refractivity contribution in [3.8, 4) is 16.9 Å². The second-order valence-electron chi connectivity index (χ2n) is 11.0. The van der Waals surface area contributed by atoms with Crippen LogP contribution < -0.4 is 10.1 Å². The van der Waals surface area contributed by atoms with Crippen LogP contribution in [0, 0.1) is 0 Å². The fourth-order valence-corrected chi connectivity index (χ4v) is 5.23. The molecule has 41 heavy (non-hydrogen) atoms. The molecule has 4 aromatic rings. The van der Waals surface area contributed by atoms with E-state index in [0.29, 0.717) is 22.2 Å². The number of methoxy groups -OCH3 is 1. The van der Waals surface area contributed by atoms with Crippen LogP contribution in [0.5, 0.6) is 5.75 Å². The van der Waals surface area contributed by atoms with Gasteiger partial charge in [0.2, 0.25) is 0 Å². The minimum Gasteiger partial charge on any atom is -0.497 e. The first-order valence-corrected chi connectivity index (χ1v) is 13.3. The number of ether oxygens (including phenoxy) is 3. The van der Waals surface area contributed by atoms with Gasteiger partial charge in [-0.2, -0.15) is 0 Å². The Morgan fingerprint density at radius 3 is 2.20 bits per heavy atom. The number of aromatic nitrogens is 1. The number of benzene rings is 3. The maximum Gasteiger partial charge on any atom is 0.419 e. The summed E-state index contributed by atoms with van der Waals surface area (Å²) >= 11 is 0. The molecule has 0 saturated carbocycles. The van der Waals surface area contributed by atoms with Crippen LogP contribution >= 0.6 is 0 Å². The number of rotatable bonds is 7. The molecule has 1 aromatic heterocycles. The molecule has 1 heterocycles. The molecule has 9 nitrogen and oxygen atoms in total. The van der Waals surface area contributed by atoms with E-state index in [0.717, 1.165) is 22.3 Å². The van der Waals surface area contributed by atoms with Crippen molar-refractivity contribution in [2.75, 3.05) is 13.7 Å². The predicted molar refractivity (Wildman–Crippen MR) is 153 cm³/mol. The van der Waals surface area contributed by atoms with Gasteiger partial charge >= 0.3 is 18.2 Å². The van der Waals surface area contributed by atoms with Crippen molar-refractivity contribution in [2.45, 2.75) is 44.8 Å². The lowest BCUT2D eigenvalue weighted by molar-refractivity contribution is -0.139. The summed E-state index contributed by atoms with van der Waals surface area (Å²) in [5.41, 5.74) is 4.63. The summed E-state index contributed by atoms with van der Waals surface area (Å²) < 4.78 is 17.8. The molecule has 0 spiro atoms. The number of carbonyl (C=O) groups is 3. The maximum absolute atomic E-state index is 12.9. The van der Waals surface area contributed by atoms with Gasteiger partial charge in [-0.05, 0) is 66.8 Å². The minimum absolute atomic E-state index is 0.0569. The highest BCUT2D eigenvalue weighted by Crippen LogP contribution is 2.44. The van der Waals surface area contributed by atoms with E-state index in [9.17, 15) is 19.5 Å². The highest BCUT2D eigenvalue weighted by Gasteiger charge is 2.30. The normalized spacial score (nSPS) is 13.3. The topological polar surface area (TPSA) is 116 Å².